The highest BCUT2D eigenvalue weighted by Gasteiger charge is 2.14. The van der Waals surface area contributed by atoms with Gasteiger partial charge in [-0.15, -0.1) is 0 Å². The molecule has 1 rings (SSSR count). The molecule has 0 saturated carbocycles. The Morgan fingerprint density at radius 2 is 2.11 bits per heavy atom. The summed E-state index contributed by atoms with van der Waals surface area (Å²) in [4.78, 5) is 26.0. The van der Waals surface area contributed by atoms with Gasteiger partial charge in [0.25, 0.3) is 5.91 Å². The zero-order valence-electron chi connectivity index (χ0n) is 9.61. The van der Waals surface area contributed by atoms with E-state index in [0.717, 1.165) is 0 Å². The monoisotopic (exact) mass is 290 g/mol. The number of halogens is 2. The van der Waals surface area contributed by atoms with Gasteiger partial charge in [-0.1, -0.05) is 30.1 Å². The van der Waals surface area contributed by atoms with Crippen molar-refractivity contribution in [1.29, 1.82) is 0 Å². The Labute approximate surface area is 114 Å². The van der Waals surface area contributed by atoms with E-state index in [0.29, 0.717) is 6.42 Å². The van der Waals surface area contributed by atoms with Gasteiger partial charge in [-0.05, 0) is 18.6 Å². The molecule has 0 aliphatic heterocycles. The van der Waals surface area contributed by atoms with Crippen molar-refractivity contribution in [3.63, 3.8) is 0 Å². The van der Waals surface area contributed by atoms with Crippen LogP contribution in [0.2, 0.25) is 10.3 Å². The topological polar surface area (TPSA) is 79.3 Å². The number of aliphatic carboxylic acids is 1. The Bertz CT molecular complexity index is 466. The standard InChI is InChI=1S/C11H12Cl2N2O3/c1-6(11(17)18)4-5-14-10(16)7-2-3-8(12)15-9(7)13/h2-3,6H,4-5H2,1H3,(H,14,16)(H,17,18). The third-order valence-electron chi connectivity index (χ3n) is 2.34. The van der Waals surface area contributed by atoms with E-state index in [1.807, 2.05) is 0 Å². The van der Waals surface area contributed by atoms with Crippen LogP contribution >= 0.6 is 23.2 Å². The average molecular weight is 291 g/mol. The predicted octanol–water partition coefficient (Wildman–Crippen LogP) is 2.23. The molecule has 98 valence electrons. The average Bonchev–Trinajstić information content (AvgIpc) is 2.28. The van der Waals surface area contributed by atoms with E-state index in [2.05, 4.69) is 10.3 Å². The van der Waals surface area contributed by atoms with Gasteiger partial charge in [0.15, 0.2) is 0 Å². The molecule has 0 spiro atoms. The van der Waals surface area contributed by atoms with Crippen molar-refractivity contribution in [3.05, 3.63) is 28.0 Å². The van der Waals surface area contributed by atoms with Gasteiger partial charge in [0, 0.05) is 6.54 Å². The van der Waals surface area contributed by atoms with Gasteiger partial charge in [0.2, 0.25) is 0 Å². The van der Waals surface area contributed by atoms with E-state index in [-0.39, 0.29) is 22.4 Å². The summed E-state index contributed by atoms with van der Waals surface area (Å²) in [5.74, 6) is -1.80. The number of carboxylic acids is 1. The zero-order valence-corrected chi connectivity index (χ0v) is 11.1. The molecule has 2 N–H and O–H groups in total. The first kappa shape index (κ1) is 14.7. The highest BCUT2D eigenvalue weighted by molar-refractivity contribution is 6.34. The Morgan fingerprint density at radius 1 is 1.44 bits per heavy atom. The van der Waals surface area contributed by atoms with Crippen LogP contribution in [0.1, 0.15) is 23.7 Å². The van der Waals surface area contributed by atoms with E-state index < -0.39 is 17.8 Å². The number of hydrogen-bond acceptors (Lipinski definition) is 3. The van der Waals surface area contributed by atoms with Crippen LogP contribution in [0.15, 0.2) is 12.1 Å². The van der Waals surface area contributed by atoms with Gasteiger partial charge in [0.1, 0.15) is 10.3 Å². The molecule has 1 aromatic heterocycles. The van der Waals surface area contributed by atoms with Crippen molar-refractivity contribution in [2.24, 2.45) is 5.92 Å². The molecule has 1 atom stereocenters. The van der Waals surface area contributed by atoms with Crippen molar-refractivity contribution in [2.75, 3.05) is 6.54 Å². The van der Waals surface area contributed by atoms with Crippen LogP contribution in [-0.4, -0.2) is 28.5 Å². The van der Waals surface area contributed by atoms with E-state index >= 15 is 0 Å². The third-order valence-corrected chi connectivity index (χ3v) is 2.84. The second-order valence-corrected chi connectivity index (χ2v) is 4.50. The van der Waals surface area contributed by atoms with Crippen molar-refractivity contribution in [3.8, 4) is 0 Å². The summed E-state index contributed by atoms with van der Waals surface area (Å²) in [5.41, 5.74) is 0.212. The molecule has 1 aromatic rings. The lowest BCUT2D eigenvalue weighted by Gasteiger charge is -2.08. The van der Waals surface area contributed by atoms with Crippen LogP contribution in [0.25, 0.3) is 0 Å². The van der Waals surface area contributed by atoms with Gasteiger partial charge in [0.05, 0.1) is 11.5 Å². The van der Waals surface area contributed by atoms with E-state index in [1.54, 1.807) is 6.92 Å². The normalized spacial score (nSPS) is 11.9. The van der Waals surface area contributed by atoms with Gasteiger partial charge in [-0.2, -0.15) is 0 Å². The summed E-state index contributed by atoms with van der Waals surface area (Å²) >= 11 is 11.4. The molecule has 0 aliphatic rings. The highest BCUT2D eigenvalue weighted by atomic mass is 35.5. The fourth-order valence-electron chi connectivity index (χ4n) is 1.20. The summed E-state index contributed by atoms with van der Waals surface area (Å²) in [6.45, 7) is 1.83. The van der Waals surface area contributed by atoms with Crippen molar-refractivity contribution >= 4 is 35.1 Å². The number of carbonyl (C=O) groups excluding carboxylic acids is 1. The molecule has 7 heteroatoms. The minimum atomic E-state index is -0.893. The number of aromatic nitrogens is 1. The fourth-order valence-corrected chi connectivity index (χ4v) is 1.63. The molecular formula is C11H12Cl2N2O3. The highest BCUT2D eigenvalue weighted by Crippen LogP contribution is 2.16. The van der Waals surface area contributed by atoms with Crippen molar-refractivity contribution < 1.29 is 14.7 Å². The number of rotatable bonds is 5. The number of nitrogens with one attached hydrogen (secondary N) is 1. The zero-order chi connectivity index (χ0) is 13.7. The predicted molar refractivity (Wildman–Crippen MR) is 68.0 cm³/mol. The summed E-state index contributed by atoms with van der Waals surface area (Å²) < 4.78 is 0. The third kappa shape index (κ3) is 4.16. The summed E-state index contributed by atoms with van der Waals surface area (Å²) in [6.07, 6.45) is 0.347. The lowest BCUT2D eigenvalue weighted by atomic mass is 10.1. The number of hydrogen-bond donors (Lipinski definition) is 2. The molecule has 1 heterocycles. The molecule has 0 fully saturated rings. The summed E-state index contributed by atoms with van der Waals surface area (Å²) in [5, 5.41) is 11.5. The molecule has 0 saturated heterocycles. The van der Waals surface area contributed by atoms with Crippen LogP contribution in [0.5, 0.6) is 0 Å². The quantitative estimate of drug-likeness (QED) is 0.815. The maximum atomic E-state index is 11.7. The molecule has 1 unspecified atom stereocenters. The van der Waals surface area contributed by atoms with Crippen LogP contribution < -0.4 is 5.32 Å². The Morgan fingerprint density at radius 3 is 2.67 bits per heavy atom. The first-order chi connectivity index (χ1) is 8.41. The maximum Gasteiger partial charge on any atom is 0.306 e. The van der Waals surface area contributed by atoms with E-state index in [1.165, 1.54) is 12.1 Å². The maximum absolute atomic E-state index is 11.7. The molecule has 1 amide bonds. The number of carboxylic acid groups (broad SMARTS) is 1. The Hall–Kier alpha value is -1.33. The fraction of sp³-hybridized carbons (Fsp3) is 0.364. The molecule has 0 aromatic carbocycles. The summed E-state index contributed by atoms with van der Waals surface area (Å²) in [6, 6.07) is 2.93. The van der Waals surface area contributed by atoms with Crippen molar-refractivity contribution in [1.82, 2.24) is 10.3 Å². The lowest BCUT2D eigenvalue weighted by Crippen LogP contribution is -2.27. The first-order valence-corrected chi connectivity index (χ1v) is 6.00. The lowest BCUT2D eigenvalue weighted by molar-refractivity contribution is -0.141. The number of nitrogens with zero attached hydrogens (tertiary/aromatic N) is 1. The SMILES string of the molecule is CC(CCNC(=O)c1ccc(Cl)nc1Cl)C(=O)O. The Balaban J connectivity index is 2.53. The van der Waals surface area contributed by atoms with Gasteiger partial charge < -0.3 is 10.4 Å². The van der Waals surface area contributed by atoms with Gasteiger partial charge >= 0.3 is 5.97 Å². The van der Waals surface area contributed by atoms with E-state index in [9.17, 15) is 9.59 Å². The van der Waals surface area contributed by atoms with Crippen LogP contribution in [0.3, 0.4) is 0 Å². The molecule has 18 heavy (non-hydrogen) atoms. The number of carbonyl (C=O) groups is 2. The second-order valence-electron chi connectivity index (χ2n) is 3.76. The van der Waals surface area contributed by atoms with Crippen molar-refractivity contribution in [2.45, 2.75) is 13.3 Å². The van der Waals surface area contributed by atoms with Gasteiger partial charge in [-0.3, -0.25) is 9.59 Å². The van der Waals surface area contributed by atoms with Crippen LogP contribution in [-0.2, 0) is 4.79 Å². The minimum Gasteiger partial charge on any atom is -0.481 e. The summed E-state index contributed by atoms with van der Waals surface area (Å²) in [7, 11) is 0. The first-order valence-electron chi connectivity index (χ1n) is 5.25. The van der Waals surface area contributed by atoms with E-state index in [4.69, 9.17) is 28.3 Å². The van der Waals surface area contributed by atoms with Crippen LogP contribution in [0, 0.1) is 5.92 Å². The second kappa shape index (κ2) is 6.56. The van der Waals surface area contributed by atoms with Crippen LogP contribution in [0.4, 0.5) is 0 Å². The number of pyridine rings is 1. The minimum absolute atomic E-state index is 0.0197. The smallest absolute Gasteiger partial charge is 0.306 e. The van der Waals surface area contributed by atoms with Gasteiger partial charge in [-0.25, -0.2) is 4.98 Å². The Kier molecular flexibility index (Phi) is 5.37. The molecule has 0 radical (unpaired) electrons. The molecule has 5 nitrogen and oxygen atoms in total. The largest absolute Gasteiger partial charge is 0.481 e. The number of amides is 1. The molecule has 0 bridgehead atoms. The molecule has 0 aliphatic carbocycles. The molecular weight excluding hydrogens is 279 g/mol.